The number of nitrogens with one attached hydrogen (secondary N) is 3. The highest BCUT2D eigenvalue weighted by Gasteiger charge is 2.37. The number of rotatable bonds is 4. The average molecular weight is 683 g/mol. The van der Waals surface area contributed by atoms with Crippen molar-refractivity contribution in [3.05, 3.63) is 88.2 Å². The third-order valence-electron chi connectivity index (χ3n) is 10.1. The van der Waals surface area contributed by atoms with Crippen molar-refractivity contribution in [1.29, 1.82) is 0 Å². The van der Waals surface area contributed by atoms with Crippen LogP contribution in [0, 0.1) is 18.8 Å². The molecule has 3 aliphatic rings. The highest BCUT2D eigenvalue weighted by molar-refractivity contribution is 7.15. The van der Waals surface area contributed by atoms with Crippen LogP contribution in [0.5, 0.6) is 5.75 Å². The number of piperidine rings is 1. The van der Waals surface area contributed by atoms with Gasteiger partial charge in [-0.15, -0.1) is 11.3 Å². The molecule has 7 rings (SSSR count). The van der Waals surface area contributed by atoms with Crippen LogP contribution in [-0.2, 0) is 45.0 Å². The van der Waals surface area contributed by atoms with Crippen molar-refractivity contribution in [3.63, 3.8) is 0 Å². The lowest BCUT2D eigenvalue weighted by Crippen LogP contribution is -2.57. The first kappa shape index (κ1) is 32.8. The van der Waals surface area contributed by atoms with Crippen molar-refractivity contribution in [2.45, 2.75) is 70.5 Å². The van der Waals surface area contributed by atoms with Gasteiger partial charge in [-0.2, -0.15) is 0 Å². The van der Waals surface area contributed by atoms with Crippen LogP contribution in [0.2, 0.25) is 0 Å². The Labute approximate surface area is 289 Å². The Morgan fingerprint density at radius 1 is 1.04 bits per heavy atom. The zero-order valence-electron chi connectivity index (χ0n) is 27.7. The number of amides is 4. The predicted molar refractivity (Wildman–Crippen MR) is 185 cm³/mol. The molecule has 4 aromatic rings. The molecule has 4 heterocycles. The number of imidazole rings is 1. The fraction of sp³-hybridized carbons (Fsp3) is 0.432. The van der Waals surface area contributed by atoms with Gasteiger partial charge >= 0.3 is 0 Å². The molecular formula is C37H42N6O5S. The quantitative estimate of drug-likeness (QED) is 0.303. The fourth-order valence-corrected chi connectivity index (χ4v) is 8.07. The summed E-state index contributed by atoms with van der Waals surface area (Å²) in [6.45, 7) is 3.94. The number of carbonyl (C=O) groups is 4. The molecule has 4 amide bonds. The van der Waals surface area contributed by atoms with E-state index in [1.54, 1.807) is 11.1 Å². The third kappa shape index (κ3) is 7.64. The second-order valence-corrected chi connectivity index (χ2v) is 14.4. The van der Waals surface area contributed by atoms with Crippen molar-refractivity contribution in [2.75, 3.05) is 19.7 Å². The van der Waals surface area contributed by atoms with Crippen LogP contribution in [-0.4, -0.2) is 69.7 Å². The molecular weight excluding hydrogens is 641 g/mol. The SMILES string of the molecule is Cc1ccc2cc1CNC(=O)[C@H](C1Cc3ccccc3C1)NC(=O)[C@@H](NC(=O)Cc1cn3ccsc3n1)CC(=O)N1CCCC(CCO2)C1. The molecule has 2 aromatic carbocycles. The van der Waals surface area contributed by atoms with Crippen LogP contribution in [0.3, 0.4) is 0 Å². The van der Waals surface area contributed by atoms with Gasteiger partial charge in [0.15, 0.2) is 4.96 Å². The van der Waals surface area contributed by atoms with E-state index in [4.69, 9.17) is 4.74 Å². The summed E-state index contributed by atoms with van der Waals surface area (Å²) >= 11 is 1.47. The summed E-state index contributed by atoms with van der Waals surface area (Å²) in [6.07, 6.45) is 7.29. The van der Waals surface area contributed by atoms with E-state index < -0.39 is 23.9 Å². The maximum Gasteiger partial charge on any atom is 0.243 e. The number of hydrogen-bond donors (Lipinski definition) is 3. The van der Waals surface area contributed by atoms with Crippen LogP contribution in [0.1, 0.15) is 53.6 Å². The van der Waals surface area contributed by atoms with E-state index in [1.807, 2.05) is 53.2 Å². The maximum atomic E-state index is 14.2. The summed E-state index contributed by atoms with van der Waals surface area (Å²) in [5, 5.41) is 10.8. The van der Waals surface area contributed by atoms with E-state index in [0.29, 0.717) is 38.2 Å². The molecule has 12 heteroatoms. The normalized spacial score (nSPS) is 22.4. The summed E-state index contributed by atoms with van der Waals surface area (Å²) in [7, 11) is 0. The van der Waals surface area contributed by atoms with Crippen molar-refractivity contribution in [2.24, 2.45) is 11.8 Å². The van der Waals surface area contributed by atoms with Gasteiger partial charge in [0.1, 0.15) is 17.8 Å². The number of fused-ring (bicyclic) bond motifs is 6. The van der Waals surface area contributed by atoms with Crippen LogP contribution in [0.15, 0.2) is 60.2 Å². The summed E-state index contributed by atoms with van der Waals surface area (Å²) in [4.78, 5) is 62.4. The molecule has 4 bridgehead atoms. The van der Waals surface area contributed by atoms with Gasteiger partial charge in [-0.1, -0.05) is 30.3 Å². The molecule has 49 heavy (non-hydrogen) atoms. The Morgan fingerprint density at radius 2 is 1.86 bits per heavy atom. The Kier molecular flexibility index (Phi) is 9.65. The number of carbonyl (C=O) groups excluding carboxylic acids is 4. The van der Waals surface area contributed by atoms with Crippen LogP contribution < -0.4 is 20.7 Å². The standard InChI is InChI=1S/C37H42N6O5S/c1-23-8-9-30-17-28(23)20-38-36(47)34(27-15-25-6-2-3-7-26(25)16-27)41-35(46)31(19-33(45)42-11-4-5-24(21-42)10-13-48-30)40-32(44)18-29-22-43-12-14-49-37(43)39-29/h2-3,6-9,12,14,17,22,24,27,31,34H,4-5,10-11,13,15-16,18-21H2,1H3,(H,38,47)(H,40,44)(H,41,46)/t24?,31-,34-/m0/s1. The lowest BCUT2D eigenvalue weighted by atomic mass is 9.94. The second-order valence-electron chi connectivity index (χ2n) is 13.5. The summed E-state index contributed by atoms with van der Waals surface area (Å²) < 4.78 is 7.99. The smallest absolute Gasteiger partial charge is 0.243 e. The minimum Gasteiger partial charge on any atom is -0.494 e. The molecule has 2 aliphatic heterocycles. The van der Waals surface area contributed by atoms with Crippen molar-refractivity contribution < 1.29 is 23.9 Å². The number of benzene rings is 2. The van der Waals surface area contributed by atoms with Gasteiger partial charge in [0, 0.05) is 37.4 Å². The van der Waals surface area contributed by atoms with Crippen molar-refractivity contribution in [1.82, 2.24) is 30.2 Å². The first-order valence-electron chi connectivity index (χ1n) is 17.1. The highest BCUT2D eigenvalue weighted by Crippen LogP contribution is 2.29. The lowest BCUT2D eigenvalue weighted by Gasteiger charge is -2.34. The largest absolute Gasteiger partial charge is 0.494 e. The van der Waals surface area contributed by atoms with Crippen LogP contribution in [0.25, 0.3) is 4.96 Å². The van der Waals surface area contributed by atoms with E-state index >= 15 is 0 Å². The highest BCUT2D eigenvalue weighted by atomic mass is 32.1. The molecule has 1 aliphatic carbocycles. The monoisotopic (exact) mass is 682 g/mol. The zero-order valence-corrected chi connectivity index (χ0v) is 28.5. The molecule has 3 N–H and O–H groups in total. The Hall–Kier alpha value is -4.71. The number of thiazole rings is 1. The first-order chi connectivity index (χ1) is 23.8. The lowest BCUT2D eigenvalue weighted by molar-refractivity contribution is -0.138. The topological polar surface area (TPSA) is 134 Å². The Morgan fingerprint density at radius 3 is 2.65 bits per heavy atom. The molecule has 3 atom stereocenters. The van der Waals surface area contributed by atoms with Crippen LogP contribution in [0.4, 0.5) is 0 Å². The summed E-state index contributed by atoms with van der Waals surface area (Å²) in [5.41, 5.74) is 4.82. The third-order valence-corrected chi connectivity index (χ3v) is 10.9. The molecule has 1 fully saturated rings. The second kappa shape index (κ2) is 14.4. The van der Waals surface area contributed by atoms with Crippen molar-refractivity contribution >= 4 is 39.9 Å². The van der Waals surface area contributed by atoms with E-state index in [-0.39, 0.29) is 43.0 Å². The van der Waals surface area contributed by atoms with Gasteiger partial charge in [0.2, 0.25) is 23.6 Å². The van der Waals surface area contributed by atoms with Gasteiger partial charge in [-0.25, -0.2) is 4.98 Å². The van der Waals surface area contributed by atoms with E-state index in [2.05, 4.69) is 33.1 Å². The number of hydrogen-bond acceptors (Lipinski definition) is 7. The Balaban J connectivity index is 1.16. The number of aryl methyl sites for hydroxylation is 1. The first-order valence-corrected chi connectivity index (χ1v) is 18.0. The van der Waals surface area contributed by atoms with Gasteiger partial charge in [0.25, 0.3) is 0 Å². The molecule has 0 radical (unpaired) electrons. The van der Waals surface area contributed by atoms with Crippen LogP contribution >= 0.6 is 11.3 Å². The van der Waals surface area contributed by atoms with Gasteiger partial charge in [0.05, 0.1) is 25.1 Å². The molecule has 2 aromatic heterocycles. The molecule has 1 unspecified atom stereocenters. The molecule has 0 saturated carbocycles. The number of aromatic nitrogens is 2. The predicted octanol–water partition coefficient (Wildman–Crippen LogP) is 3.36. The molecule has 1 saturated heterocycles. The number of ether oxygens (including phenoxy) is 1. The van der Waals surface area contributed by atoms with Gasteiger partial charge in [-0.3, -0.25) is 23.6 Å². The van der Waals surface area contributed by atoms with Gasteiger partial charge in [-0.05, 0) is 85.3 Å². The minimum atomic E-state index is -1.16. The van der Waals surface area contributed by atoms with E-state index in [1.165, 1.54) is 11.3 Å². The van der Waals surface area contributed by atoms with Crippen molar-refractivity contribution in [3.8, 4) is 5.75 Å². The van der Waals surface area contributed by atoms with Gasteiger partial charge < -0.3 is 25.6 Å². The summed E-state index contributed by atoms with van der Waals surface area (Å²) in [6, 6.07) is 11.9. The zero-order chi connectivity index (χ0) is 33.9. The molecule has 11 nitrogen and oxygen atoms in total. The maximum absolute atomic E-state index is 14.2. The number of nitrogens with zero attached hydrogens (tertiary/aromatic N) is 3. The molecule has 256 valence electrons. The van der Waals surface area contributed by atoms with E-state index in [9.17, 15) is 19.2 Å². The fourth-order valence-electron chi connectivity index (χ4n) is 7.36. The van der Waals surface area contributed by atoms with E-state index in [0.717, 1.165) is 52.2 Å². The minimum absolute atomic E-state index is 0.0432. The average Bonchev–Trinajstić information content (AvgIpc) is 3.82. The molecule has 0 spiro atoms. The summed E-state index contributed by atoms with van der Waals surface area (Å²) in [5.74, 6) is -0.672. The Bertz CT molecular complexity index is 1810.